The zero-order valence-corrected chi connectivity index (χ0v) is 15.2. The molecule has 0 aliphatic heterocycles. The van der Waals surface area contributed by atoms with E-state index in [1.165, 1.54) is 11.1 Å². The molecule has 0 fully saturated rings. The minimum atomic E-state index is -0.0713. The largest absolute Gasteiger partial charge is 0.347 e. The predicted octanol–water partition coefficient (Wildman–Crippen LogP) is 4.74. The Hall–Kier alpha value is -1.85. The Kier molecular flexibility index (Phi) is 4.68. The molecule has 2 heterocycles. The van der Waals surface area contributed by atoms with Crippen molar-refractivity contribution in [1.82, 2.24) is 9.88 Å². The van der Waals surface area contributed by atoms with Crippen LogP contribution >= 0.6 is 27.3 Å². The van der Waals surface area contributed by atoms with Crippen LogP contribution in [0.25, 0.3) is 10.2 Å². The summed E-state index contributed by atoms with van der Waals surface area (Å²) in [5.41, 5.74) is 4.20. The Morgan fingerprint density at radius 3 is 2.91 bits per heavy atom. The molecule has 0 aliphatic carbocycles. The van der Waals surface area contributed by atoms with Crippen molar-refractivity contribution in [3.63, 3.8) is 0 Å². The molecule has 23 heavy (non-hydrogen) atoms. The number of hydrogen-bond acceptors (Lipinski definition) is 2. The first kappa shape index (κ1) is 16.0. The predicted molar refractivity (Wildman–Crippen MR) is 100 cm³/mol. The normalized spacial score (nSPS) is 10.9. The fourth-order valence-electron chi connectivity index (χ4n) is 2.58. The van der Waals surface area contributed by atoms with Crippen LogP contribution in [0, 0.1) is 6.92 Å². The van der Waals surface area contributed by atoms with Gasteiger partial charge in [-0.2, -0.15) is 0 Å². The maximum absolute atomic E-state index is 12.5. The highest BCUT2D eigenvalue weighted by Gasteiger charge is 2.17. The van der Waals surface area contributed by atoms with E-state index in [-0.39, 0.29) is 5.91 Å². The number of nitrogens with zero attached hydrogens (tertiary/aromatic N) is 1. The number of carbonyl (C=O) groups excluding carboxylic acids is 1. The molecule has 3 aromatic rings. The van der Waals surface area contributed by atoms with E-state index in [0.29, 0.717) is 18.8 Å². The molecule has 1 aromatic carbocycles. The Morgan fingerprint density at radius 2 is 2.17 bits per heavy atom. The minimum absolute atomic E-state index is 0.0713. The third kappa shape index (κ3) is 3.26. The number of hydrogen-bond donors (Lipinski definition) is 1. The van der Waals surface area contributed by atoms with E-state index in [2.05, 4.69) is 57.5 Å². The topological polar surface area (TPSA) is 34.0 Å². The van der Waals surface area contributed by atoms with Crippen LogP contribution in [0.1, 0.15) is 21.6 Å². The van der Waals surface area contributed by atoms with Gasteiger partial charge in [0.1, 0.15) is 5.69 Å². The van der Waals surface area contributed by atoms with E-state index in [1.54, 1.807) is 17.4 Å². The number of carbonyl (C=O) groups is 1. The van der Waals surface area contributed by atoms with Gasteiger partial charge >= 0.3 is 0 Å². The lowest BCUT2D eigenvalue weighted by Crippen LogP contribution is -2.26. The molecule has 1 amide bonds. The van der Waals surface area contributed by atoms with Gasteiger partial charge in [0, 0.05) is 13.1 Å². The average Bonchev–Trinajstić information content (AvgIpc) is 3.04. The first-order valence-electron chi connectivity index (χ1n) is 7.32. The summed E-state index contributed by atoms with van der Waals surface area (Å²) < 4.78 is 4.26. The van der Waals surface area contributed by atoms with Gasteiger partial charge in [0.05, 0.1) is 14.0 Å². The molecule has 0 atom stereocenters. The van der Waals surface area contributed by atoms with E-state index in [4.69, 9.17) is 0 Å². The maximum Gasteiger partial charge on any atom is 0.268 e. The molecule has 0 unspecified atom stereocenters. The van der Waals surface area contributed by atoms with Crippen molar-refractivity contribution in [2.75, 3.05) is 6.54 Å². The molecule has 3 rings (SSSR count). The fraction of sp³-hybridized carbons (Fsp3) is 0.167. The summed E-state index contributed by atoms with van der Waals surface area (Å²) in [6, 6.07) is 12.3. The molecule has 118 valence electrons. The molecular formula is C18H17BrN2OS. The lowest BCUT2D eigenvalue weighted by molar-refractivity contribution is 0.0949. The van der Waals surface area contributed by atoms with Crippen molar-refractivity contribution < 1.29 is 4.79 Å². The molecule has 0 saturated heterocycles. The second-order valence-corrected chi connectivity index (χ2v) is 7.80. The van der Waals surface area contributed by atoms with Crippen molar-refractivity contribution in [1.29, 1.82) is 0 Å². The Morgan fingerprint density at radius 1 is 1.39 bits per heavy atom. The molecule has 0 saturated carbocycles. The number of amides is 1. The number of nitrogens with one attached hydrogen (secondary N) is 1. The van der Waals surface area contributed by atoms with Crippen LogP contribution in [-0.4, -0.2) is 17.0 Å². The number of aromatic nitrogens is 1. The van der Waals surface area contributed by atoms with Gasteiger partial charge in [0.2, 0.25) is 0 Å². The number of rotatable bonds is 5. The number of halogens is 1. The summed E-state index contributed by atoms with van der Waals surface area (Å²) in [5, 5.41) is 2.87. The summed E-state index contributed by atoms with van der Waals surface area (Å²) in [4.78, 5) is 12.5. The van der Waals surface area contributed by atoms with Crippen LogP contribution in [0.3, 0.4) is 0 Å². The third-order valence-corrected chi connectivity index (χ3v) is 5.36. The first-order valence-corrected chi connectivity index (χ1v) is 8.93. The van der Waals surface area contributed by atoms with Crippen molar-refractivity contribution in [2.24, 2.45) is 0 Å². The van der Waals surface area contributed by atoms with Gasteiger partial charge in [-0.3, -0.25) is 4.79 Å². The van der Waals surface area contributed by atoms with Crippen LogP contribution < -0.4 is 5.32 Å². The van der Waals surface area contributed by atoms with E-state index in [1.807, 2.05) is 18.2 Å². The summed E-state index contributed by atoms with van der Waals surface area (Å²) in [6.45, 7) is 6.88. The zero-order chi connectivity index (χ0) is 16.4. The second-order valence-electron chi connectivity index (χ2n) is 5.34. The molecule has 1 N–H and O–H groups in total. The van der Waals surface area contributed by atoms with Gasteiger partial charge in [-0.1, -0.05) is 30.3 Å². The number of thiophene rings is 1. The van der Waals surface area contributed by atoms with Gasteiger partial charge in [0.25, 0.3) is 5.91 Å². The van der Waals surface area contributed by atoms with Gasteiger partial charge in [-0.15, -0.1) is 17.9 Å². The Bertz CT molecular complexity index is 878. The third-order valence-electron chi connectivity index (χ3n) is 3.79. The van der Waals surface area contributed by atoms with E-state index in [9.17, 15) is 4.79 Å². The lowest BCUT2D eigenvalue weighted by atomic mass is 10.1. The molecule has 0 aliphatic rings. The van der Waals surface area contributed by atoms with Crippen molar-refractivity contribution in [3.05, 3.63) is 69.7 Å². The molecule has 0 bridgehead atoms. The van der Waals surface area contributed by atoms with Gasteiger partial charge in [0.15, 0.2) is 0 Å². The highest BCUT2D eigenvalue weighted by molar-refractivity contribution is 9.11. The van der Waals surface area contributed by atoms with Crippen LogP contribution in [0.5, 0.6) is 0 Å². The maximum atomic E-state index is 12.5. The van der Waals surface area contributed by atoms with Crippen molar-refractivity contribution in [2.45, 2.75) is 13.5 Å². The highest BCUT2D eigenvalue weighted by Crippen LogP contribution is 2.33. The summed E-state index contributed by atoms with van der Waals surface area (Å²) in [6.07, 6.45) is 1.69. The lowest BCUT2D eigenvalue weighted by Gasteiger charge is -2.12. The monoisotopic (exact) mass is 388 g/mol. The molecular weight excluding hydrogens is 372 g/mol. The van der Waals surface area contributed by atoms with E-state index >= 15 is 0 Å². The molecule has 3 nitrogen and oxygen atoms in total. The van der Waals surface area contributed by atoms with Crippen LogP contribution in [-0.2, 0) is 6.54 Å². The van der Waals surface area contributed by atoms with Crippen molar-refractivity contribution >= 4 is 43.4 Å². The summed E-state index contributed by atoms with van der Waals surface area (Å²) in [5.74, 6) is -0.0713. The molecule has 5 heteroatoms. The van der Waals surface area contributed by atoms with Gasteiger partial charge in [-0.05, 0) is 46.1 Å². The Balaban J connectivity index is 2.06. The van der Waals surface area contributed by atoms with Crippen LogP contribution in [0.4, 0.5) is 0 Å². The molecule has 0 radical (unpaired) electrons. The number of fused-ring (bicyclic) bond motifs is 1. The van der Waals surface area contributed by atoms with Crippen molar-refractivity contribution in [3.8, 4) is 0 Å². The first-order chi connectivity index (χ1) is 11.1. The number of benzene rings is 1. The van der Waals surface area contributed by atoms with Crippen LogP contribution in [0.2, 0.25) is 0 Å². The van der Waals surface area contributed by atoms with Gasteiger partial charge in [-0.25, -0.2) is 0 Å². The standard InChI is InChI=1S/C18H17BrN2OS/c1-3-8-20-18(22)15-9-16-14(10-17(19)23-16)21(15)11-13-7-5-4-6-12(13)2/h3-7,9-10H,1,8,11H2,2H3,(H,20,22). The second kappa shape index (κ2) is 6.72. The fourth-order valence-corrected chi connectivity index (χ4v) is 4.15. The average molecular weight is 389 g/mol. The van der Waals surface area contributed by atoms with Gasteiger partial charge < -0.3 is 9.88 Å². The molecule has 2 aromatic heterocycles. The zero-order valence-electron chi connectivity index (χ0n) is 12.8. The summed E-state index contributed by atoms with van der Waals surface area (Å²) in [7, 11) is 0. The minimum Gasteiger partial charge on any atom is -0.347 e. The quantitative estimate of drug-likeness (QED) is 0.629. The highest BCUT2D eigenvalue weighted by atomic mass is 79.9. The smallest absolute Gasteiger partial charge is 0.268 e. The summed E-state index contributed by atoms with van der Waals surface area (Å²) >= 11 is 5.17. The Labute approximate surface area is 147 Å². The molecule has 0 spiro atoms. The van der Waals surface area contributed by atoms with E-state index in [0.717, 1.165) is 14.0 Å². The SMILES string of the molecule is C=CCNC(=O)c1cc2sc(Br)cc2n1Cc1ccccc1C. The number of aryl methyl sites for hydroxylation is 1. The van der Waals surface area contributed by atoms with Crippen LogP contribution in [0.15, 0.2) is 52.8 Å². The van der Waals surface area contributed by atoms with E-state index < -0.39 is 0 Å².